The van der Waals surface area contributed by atoms with Crippen molar-refractivity contribution < 1.29 is 4.42 Å². The molecule has 59 heavy (non-hydrogen) atoms. The Balaban J connectivity index is 1.01. The molecule has 2 aromatic heterocycles. The molecule has 12 rings (SSSR count). The van der Waals surface area contributed by atoms with E-state index in [1.165, 1.54) is 60.9 Å². The molecule has 0 fully saturated rings. The predicted octanol–water partition coefficient (Wildman–Crippen LogP) is 13.1. The lowest BCUT2D eigenvalue weighted by atomic mass is 9.67. The van der Waals surface area contributed by atoms with Crippen LogP contribution in [0.15, 0.2) is 199 Å². The van der Waals surface area contributed by atoms with Gasteiger partial charge >= 0.3 is 0 Å². The largest absolute Gasteiger partial charge is 0.460 e. The van der Waals surface area contributed by atoms with Gasteiger partial charge in [-0.15, -0.1) is 0 Å². The van der Waals surface area contributed by atoms with E-state index in [9.17, 15) is 0 Å². The Labute approximate surface area is 343 Å². The van der Waals surface area contributed by atoms with Crippen molar-refractivity contribution in [3.8, 4) is 16.8 Å². The molecule has 8 aromatic carbocycles. The second-order valence-corrected chi connectivity index (χ2v) is 15.8. The highest BCUT2D eigenvalue weighted by molar-refractivity contribution is 6.10. The summed E-state index contributed by atoms with van der Waals surface area (Å²) in [7, 11) is 0. The zero-order valence-corrected chi connectivity index (χ0v) is 32.3. The average molecular weight is 755 g/mol. The van der Waals surface area contributed by atoms with Gasteiger partial charge in [-0.2, -0.15) is 0 Å². The molecule has 0 saturated heterocycles. The van der Waals surface area contributed by atoms with Crippen molar-refractivity contribution in [3.63, 3.8) is 0 Å². The molecule has 3 nitrogen and oxygen atoms in total. The first kappa shape index (κ1) is 33.6. The lowest BCUT2D eigenvalue weighted by Gasteiger charge is -2.33. The van der Waals surface area contributed by atoms with Crippen molar-refractivity contribution in [1.82, 2.24) is 4.57 Å². The smallest absolute Gasteiger partial charge is 0.139 e. The zero-order valence-electron chi connectivity index (χ0n) is 32.3. The number of aromatic nitrogens is 1. The van der Waals surface area contributed by atoms with Crippen LogP contribution < -0.4 is 4.90 Å². The van der Waals surface area contributed by atoms with Gasteiger partial charge in [0.25, 0.3) is 0 Å². The van der Waals surface area contributed by atoms with Crippen LogP contribution in [0.1, 0.15) is 39.1 Å². The number of hydrogen-bond donors (Lipinski definition) is 0. The first-order chi connectivity index (χ1) is 29.3. The molecular formula is C56H38N2O. The van der Waals surface area contributed by atoms with Crippen LogP contribution in [-0.2, 0) is 18.4 Å². The van der Waals surface area contributed by atoms with Gasteiger partial charge in [-0.25, -0.2) is 0 Å². The molecular weight excluding hydrogens is 717 g/mol. The quantitative estimate of drug-likeness (QED) is 0.162. The summed E-state index contributed by atoms with van der Waals surface area (Å²) >= 11 is 0. The molecule has 278 valence electrons. The Morgan fingerprint density at radius 3 is 2.07 bits per heavy atom. The van der Waals surface area contributed by atoms with Gasteiger partial charge in [0, 0.05) is 51.6 Å². The molecule has 1 unspecified atom stereocenters. The highest BCUT2D eigenvalue weighted by atomic mass is 16.3. The number of anilines is 1. The number of fused-ring (bicyclic) bond motifs is 9. The van der Waals surface area contributed by atoms with Crippen molar-refractivity contribution >= 4 is 44.5 Å². The Bertz CT molecular complexity index is 3180. The zero-order chi connectivity index (χ0) is 38.9. The van der Waals surface area contributed by atoms with E-state index in [1.54, 1.807) is 0 Å². The number of rotatable bonds is 7. The third-order valence-electron chi connectivity index (χ3n) is 12.8. The summed E-state index contributed by atoms with van der Waals surface area (Å²) in [5, 5.41) is 3.63. The molecule has 0 amide bonds. The molecule has 0 radical (unpaired) electrons. The fourth-order valence-electron chi connectivity index (χ4n) is 10.2. The molecule has 0 spiro atoms. The van der Waals surface area contributed by atoms with E-state index in [0.29, 0.717) is 0 Å². The summed E-state index contributed by atoms with van der Waals surface area (Å²) in [6.45, 7) is 0.762. The molecule has 1 atom stereocenters. The Morgan fingerprint density at radius 1 is 0.610 bits per heavy atom. The molecule has 0 saturated carbocycles. The monoisotopic (exact) mass is 754 g/mol. The Kier molecular flexibility index (Phi) is 7.55. The summed E-state index contributed by atoms with van der Waals surface area (Å²) in [4.78, 5) is 2.55. The van der Waals surface area contributed by atoms with Gasteiger partial charge in [-0.1, -0.05) is 158 Å². The van der Waals surface area contributed by atoms with Crippen LogP contribution in [0.5, 0.6) is 0 Å². The third kappa shape index (κ3) is 5.03. The SMILES string of the molecule is c1ccc(C2(c3cccc4c5c(oc34)CC(N(Cc3ccccc3)c3ccc4c(c3)c3ccccc3n4-c3ccccc3)C=C5)c3ccccc3-c3ccccc32)cc#1. The van der Waals surface area contributed by atoms with Crippen molar-refractivity contribution in [3.05, 3.63) is 245 Å². The number of nitrogens with zero attached hydrogens (tertiary/aromatic N) is 2. The first-order valence-corrected chi connectivity index (χ1v) is 20.5. The summed E-state index contributed by atoms with van der Waals surface area (Å²) in [5.41, 5.74) is 14.9. The van der Waals surface area contributed by atoms with Gasteiger partial charge in [0.05, 0.1) is 22.5 Å². The second-order valence-electron chi connectivity index (χ2n) is 15.8. The minimum absolute atomic E-state index is 0.0628. The lowest BCUT2D eigenvalue weighted by Crippen LogP contribution is -2.36. The topological polar surface area (TPSA) is 21.3 Å². The molecule has 0 bridgehead atoms. The van der Waals surface area contributed by atoms with Gasteiger partial charge in [-0.05, 0) is 88.0 Å². The summed E-state index contributed by atoms with van der Waals surface area (Å²) in [6.07, 6.45) is 5.44. The van der Waals surface area contributed by atoms with Crippen LogP contribution in [0.4, 0.5) is 5.69 Å². The Hall–Kier alpha value is -7.54. The highest BCUT2D eigenvalue weighted by Crippen LogP contribution is 2.57. The van der Waals surface area contributed by atoms with Gasteiger partial charge < -0.3 is 13.9 Å². The maximum absolute atomic E-state index is 7.26. The van der Waals surface area contributed by atoms with Gasteiger partial charge in [0.2, 0.25) is 0 Å². The maximum atomic E-state index is 7.26. The molecule has 2 aliphatic carbocycles. The minimum Gasteiger partial charge on any atom is -0.460 e. The van der Waals surface area contributed by atoms with E-state index in [-0.39, 0.29) is 6.04 Å². The molecule has 2 heterocycles. The maximum Gasteiger partial charge on any atom is 0.139 e. The summed E-state index contributed by atoms with van der Waals surface area (Å²) in [6, 6.07) is 74.5. The van der Waals surface area contributed by atoms with E-state index in [4.69, 9.17) is 4.42 Å². The van der Waals surface area contributed by atoms with Crippen LogP contribution in [0.2, 0.25) is 0 Å². The van der Waals surface area contributed by atoms with Crippen LogP contribution in [0.25, 0.3) is 55.7 Å². The third-order valence-corrected chi connectivity index (χ3v) is 12.8. The van der Waals surface area contributed by atoms with E-state index in [2.05, 4.69) is 216 Å². The second kappa shape index (κ2) is 13.3. The normalized spacial score (nSPS) is 14.9. The summed E-state index contributed by atoms with van der Waals surface area (Å²) < 4.78 is 9.64. The molecule has 10 aromatic rings. The first-order valence-electron chi connectivity index (χ1n) is 20.5. The van der Waals surface area contributed by atoms with E-state index in [0.717, 1.165) is 46.5 Å². The number of benzene rings is 7. The molecule has 2 aliphatic rings. The lowest BCUT2D eigenvalue weighted by molar-refractivity contribution is 0.513. The van der Waals surface area contributed by atoms with Gasteiger partial charge in [0.15, 0.2) is 0 Å². The number of hydrogen-bond acceptors (Lipinski definition) is 2. The van der Waals surface area contributed by atoms with Crippen LogP contribution >= 0.6 is 0 Å². The minimum atomic E-state index is -0.588. The standard InChI is InChI=1S/C56H38N2O/c1-4-17-38(18-5-1)37-57(41-32-34-53-48(35-41)45-25-12-15-30-52(45)58(53)40-21-8-3-9-22-40)42-31-33-46-47-26-16-29-51(55(47)59-54(46)36-42)56(39-19-6-2-7-20-39)49-27-13-10-23-43(49)44-24-11-14-28-50(44)56/h1,3-6,8-35,42H,36-37H2. The number of para-hydroxylation sites is 3. The van der Waals surface area contributed by atoms with E-state index < -0.39 is 5.41 Å². The van der Waals surface area contributed by atoms with Gasteiger partial charge in [-0.3, -0.25) is 0 Å². The molecule has 3 heteroatoms. The van der Waals surface area contributed by atoms with Crippen molar-refractivity contribution in [2.75, 3.05) is 4.90 Å². The number of furan rings is 1. The highest BCUT2D eigenvalue weighted by Gasteiger charge is 2.47. The van der Waals surface area contributed by atoms with E-state index in [1.807, 2.05) is 6.07 Å². The van der Waals surface area contributed by atoms with E-state index >= 15 is 0 Å². The van der Waals surface area contributed by atoms with Crippen LogP contribution in [0.3, 0.4) is 0 Å². The predicted molar refractivity (Wildman–Crippen MR) is 241 cm³/mol. The van der Waals surface area contributed by atoms with Crippen LogP contribution in [-0.4, -0.2) is 10.6 Å². The van der Waals surface area contributed by atoms with Gasteiger partial charge in [0.1, 0.15) is 11.3 Å². The fourth-order valence-corrected chi connectivity index (χ4v) is 10.2. The van der Waals surface area contributed by atoms with Crippen molar-refractivity contribution in [2.45, 2.75) is 24.4 Å². The summed E-state index contributed by atoms with van der Waals surface area (Å²) in [5.74, 6) is 1.02. The fraction of sp³-hybridized carbons (Fsp3) is 0.0714. The molecule has 0 aliphatic heterocycles. The van der Waals surface area contributed by atoms with Crippen molar-refractivity contribution in [2.24, 2.45) is 0 Å². The van der Waals surface area contributed by atoms with Crippen LogP contribution in [0, 0.1) is 12.1 Å². The average Bonchev–Trinajstić information content (AvgIpc) is 3.95. The molecule has 0 N–H and O–H groups in total. The van der Waals surface area contributed by atoms with Crippen molar-refractivity contribution in [1.29, 1.82) is 0 Å². The Morgan fingerprint density at radius 2 is 1.29 bits per heavy atom.